The van der Waals surface area contributed by atoms with E-state index in [9.17, 15) is 9.32 Å². The van der Waals surface area contributed by atoms with Gasteiger partial charge in [-0.2, -0.15) is 0 Å². The molecular weight excluding hydrogens is 159 g/mol. The van der Waals surface area contributed by atoms with Crippen molar-refractivity contribution in [3.05, 3.63) is 35.9 Å². The van der Waals surface area contributed by atoms with E-state index in [0.29, 0.717) is 5.56 Å². The molecule has 0 radical (unpaired) electrons. The molecule has 0 bridgehead atoms. The van der Waals surface area contributed by atoms with Crippen LogP contribution in [0.25, 0.3) is 0 Å². The highest BCUT2D eigenvalue weighted by Gasteiger charge is 1.92. The third-order valence-corrected chi connectivity index (χ3v) is 1.15. The lowest BCUT2D eigenvalue weighted by Gasteiger charge is -1.84. The first-order valence-corrected chi connectivity index (χ1v) is 3.22. The number of carbonyl (C=O) groups excluding carboxylic acids is 1. The maximum absolute atomic E-state index is 11.1. The topological polar surface area (TPSA) is 26.3 Å². The van der Waals surface area contributed by atoms with Crippen LogP contribution in [0.3, 0.4) is 0 Å². The van der Waals surface area contributed by atoms with Gasteiger partial charge in [0.1, 0.15) is 0 Å². The van der Waals surface area contributed by atoms with Crippen molar-refractivity contribution in [3.63, 3.8) is 0 Å². The molecule has 0 aliphatic rings. The van der Waals surface area contributed by atoms with Gasteiger partial charge in [0.2, 0.25) is 0 Å². The van der Waals surface area contributed by atoms with Crippen LogP contribution >= 0.6 is 0 Å². The van der Waals surface area contributed by atoms with Crippen molar-refractivity contribution >= 4 is 5.97 Å². The van der Waals surface area contributed by atoms with Gasteiger partial charge in [0.15, 0.2) is 0 Å². The zero-order valence-electron chi connectivity index (χ0n) is 6.08. The predicted molar refractivity (Wildman–Crippen MR) is 40.5 cm³/mol. The van der Waals surface area contributed by atoms with Gasteiger partial charge in [0.05, 0.1) is 0 Å². The molecule has 1 aromatic carbocycles. The first-order valence-electron chi connectivity index (χ1n) is 3.22. The minimum absolute atomic E-state index is 0.642. The van der Waals surface area contributed by atoms with Crippen molar-refractivity contribution in [2.45, 2.75) is 0 Å². The molecule has 0 aromatic heterocycles. The zero-order chi connectivity index (χ0) is 8.81. The third-order valence-electron chi connectivity index (χ3n) is 1.15. The van der Waals surface area contributed by atoms with Gasteiger partial charge in [0, 0.05) is 16.0 Å². The fourth-order valence-corrected chi connectivity index (χ4v) is 0.664. The molecule has 0 spiro atoms. The molecule has 60 valence electrons. The number of rotatable bonds is 0. The molecule has 3 heteroatoms. The maximum Gasteiger partial charge on any atom is 0.423 e. The lowest BCUT2D eigenvalue weighted by molar-refractivity contribution is -0.175. The van der Waals surface area contributed by atoms with Gasteiger partial charge in [-0.25, -0.2) is 9.74 Å². The van der Waals surface area contributed by atoms with Gasteiger partial charge in [-0.1, -0.05) is 24.1 Å². The van der Waals surface area contributed by atoms with Crippen LogP contribution in [-0.4, -0.2) is 5.97 Å². The summed E-state index contributed by atoms with van der Waals surface area (Å²) in [4.78, 5) is 13.1. The Labute approximate surface area is 68.9 Å². The van der Waals surface area contributed by atoms with Crippen molar-refractivity contribution in [2.75, 3.05) is 0 Å². The van der Waals surface area contributed by atoms with E-state index < -0.39 is 5.97 Å². The van der Waals surface area contributed by atoms with Crippen LogP contribution in [0.4, 0.5) is 4.53 Å². The summed E-state index contributed by atoms with van der Waals surface area (Å²) in [6.45, 7) is 0. The minimum atomic E-state index is -1.18. The molecule has 0 N–H and O–H groups in total. The second-order valence-electron chi connectivity index (χ2n) is 1.98. The molecule has 0 heterocycles. The van der Waals surface area contributed by atoms with Gasteiger partial charge < -0.3 is 0 Å². The molecule has 1 aromatic rings. The highest BCUT2D eigenvalue weighted by atomic mass is 19.3. The minimum Gasteiger partial charge on any atom is -0.240 e. The van der Waals surface area contributed by atoms with E-state index in [1.807, 2.05) is 12.0 Å². The number of benzene rings is 1. The number of hydrogen-bond donors (Lipinski definition) is 0. The third kappa shape index (κ3) is 2.43. The molecule has 0 saturated carbocycles. The number of hydrogen-bond acceptors (Lipinski definition) is 2. The Morgan fingerprint density at radius 1 is 1.33 bits per heavy atom. The van der Waals surface area contributed by atoms with E-state index in [0.717, 1.165) is 0 Å². The lowest BCUT2D eigenvalue weighted by atomic mass is 10.2. The van der Waals surface area contributed by atoms with Crippen LogP contribution in [0.5, 0.6) is 0 Å². The van der Waals surface area contributed by atoms with E-state index in [2.05, 4.69) is 10.9 Å². The molecule has 0 amide bonds. The standard InChI is InChI=1S/C9H5FO2/c10-12-9(11)7-6-8-4-2-1-3-5-8/h1-5H. The summed E-state index contributed by atoms with van der Waals surface area (Å²) in [7, 11) is 0. The molecule has 0 atom stereocenters. The Bertz CT molecular complexity index is 321. The van der Waals surface area contributed by atoms with Crippen LogP contribution in [0.15, 0.2) is 30.3 Å². The van der Waals surface area contributed by atoms with Gasteiger partial charge in [0.25, 0.3) is 0 Å². The SMILES string of the molecule is O=C(C#Cc1ccccc1)OF. The fraction of sp³-hybridized carbons (Fsp3) is 0. The summed E-state index contributed by atoms with van der Waals surface area (Å²) >= 11 is 0. The molecule has 0 aliphatic carbocycles. The molecule has 12 heavy (non-hydrogen) atoms. The second-order valence-corrected chi connectivity index (χ2v) is 1.98. The largest absolute Gasteiger partial charge is 0.423 e. The van der Waals surface area contributed by atoms with E-state index in [1.165, 1.54) is 0 Å². The highest BCUT2D eigenvalue weighted by Crippen LogP contribution is 1.94. The van der Waals surface area contributed by atoms with Crippen molar-refractivity contribution in [1.29, 1.82) is 0 Å². The van der Waals surface area contributed by atoms with Crippen LogP contribution in [-0.2, 0) is 9.74 Å². The zero-order valence-corrected chi connectivity index (χ0v) is 6.08. The van der Waals surface area contributed by atoms with E-state index in [1.54, 1.807) is 24.3 Å². The molecule has 0 saturated heterocycles. The molecule has 2 nitrogen and oxygen atoms in total. The average Bonchev–Trinajstić information content (AvgIpc) is 2.16. The van der Waals surface area contributed by atoms with E-state index in [-0.39, 0.29) is 0 Å². The summed E-state index contributed by atoms with van der Waals surface area (Å²) in [6, 6.07) is 8.77. The van der Waals surface area contributed by atoms with Crippen LogP contribution in [0.2, 0.25) is 0 Å². The van der Waals surface area contributed by atoms with Crippen molar-refractivity contribution in [2.24, 2.45) is 0 Å². The summed E-state index contributed by atoms with van der Waals surface area (Å²) < 4.78 is 11.1. The Hall–Kier alpha value is -1.82. The molecule has 1 rings (SSSR count). The Morgan fingerprint density at radius 2 is 2.00 bits per heavy atom. The predicted octanol–water partition coefficient (Wildman–Crippen LogP) is 1.47. The number of halogens is 1. The van der Waals surface area contributed by atoms with Crippen LogP contribution in [0.1, 0.15) is 5.56 Å². The monoisotopic (exact) mass is 164 g/mol. The van der Waals surface area contributed by atoms with Crippen molar-refractivity contribution in [1.82, 2.24) is 0 Å². The van der Waals surface area contributed by atoms with Crippen molar-refractivity contribution in [3.8, 4) is 11.8 Å². The molecule has 0 unspecified atom stereocenters. The van der Waals surface area contributed by atoms with Gasteiger partial charge in [-0.15, -0.1) is 0 Å². The summed E-state index contributed by atoms with van der Waals surface area (Å²) in [6.07, 6.45) is 0. The summed E-state index contributed by atoms with van der Waals surface area (Å²) in [5.74, 6) is 3.21. The Morgan fingerprint density at radius 3 is 2.58 bits per heavy atom. The van der Waals surface area contributed by atoms with Crippen LogP contribution < -0.4 is 0 Å². The van der Waals surface area contributed by atoms with E-state index in [4.69, 9.17) is 0 Å². The highest BCUT2D eigenvalue weighted by molar-refractivity contribution is 5.88. The van der Waals surface area contributed by atoms with Gasteiger partial charge in [-0.05, 0) is 12.1 Å². The second kappa shape index (κ2) is 4.14. The van der Waals surface area contributed by atoms with Gasteiger partial charge >= 0.3 is 5.97 Å². The fourth-order valence-electron chi connectivity index (χ4n) is 0.664. The molecular formula is C9H5FO2. The first kappa shape index (κ1) is 8.28. The van der Waals surface area contributed by atoms with Gasteiger partial charge in [-0.3, -0.25) is 0 Å². The number of carbonyl (C=O) groups is 1. The Kier molecular flexibility index (Phi) is 2.86. The first-order chi connectivity index (χ1) is 5.83. The molecule has 0 aliphatic heterocycles. The van der Waals surface area contributed by atoms with Crippen LogP contribution in [0, 0.1) is 11.8 Å². The van der Waals surface area contributed by atoms with E-state index >= 15 is 0 Å². The summed E-state index contributed by atoms with van der Waals surface area (Å²) in [5.41, 5.74) is 0.642. The maximum atomic E-state index is 11.1. The average molecular weight is 164 g/mol. The lowest BCUT2D eigenvalue weighted by Crippen LogP contribution is -1.90. The molecule has 0 fully saturated rings. The van der Waals surface area contributed by atoms with Crippen molar-refractivity contribution < 1.29 is 14.3 Å². The summed E-state index contributed by atoms with van der Waals surface area (Å²) in [5, 5.41) is 0. The smallest absolute Gasteiger partial charge is 0.240 e. The Balaban J connectivity index is 2.74. The normalized spacial score (nSPS) is 8.08. The quantitative estimate of drug-likeness (QED) is 0.542.